The fourth-order valence-corrected chi connectivity index (χ4v) is 8.15. The molecule has 6 nitrogen and oxygen atoms in total. The first kappa shape index (κ1) is 23.4. The number of anilines is 1. The number of carbonyl (C=O) groups is 1. The molecule has 3 aromatic rings. The summed E-state index contributed by atoms with van der Waals surface area (Å²) in [5.74, 6) is 2.33. The first-order valence-electron chi connectivity index (χ1n) is 12.8. The Balaban J connectivity index is 1.09. The molecule has 0 atom stereocenters. The van der Waals surface area contributed by atoms with Crippen molar-refractivity contribution in [3.8, 4) is 0 Å². The molecular weight excluding hydrogens is 470 g/mol. The van der Waals surface area contributed by atoms with Gasteiger partial charge in [0.15, 0.2) is 0 Å². The van der Waals surface area contributed by atoms with E-state index < -0.39 is 10.0 Å². The number of sulfonamides is 1. The summed E-state index contributed by atoms with van der Waals surface area (Å²) in [6.07, 6.45) is 11.2. The van der Waals surface area contributed by atoms with Crippen LogP contribution < -0.4 is 10.0 Å². The van der Waals surface area contributed by atoms with Gasteiger partial charge in [0.2, 0.25) is 10.0 Å². The summed E-state index contributed by atoms with van der Waals surface area (Å²) in [4.78, 5) is 16.7. The van der Waals surface area contributed by atoms with Crippen molar-refractivity contribution in [2.24, 2.45) is 17.8 Å². The Labute approximate surface area is 212 Å². The molecule has 4 aliphatic carbocycles. The standard InChI is InChI=1S/C29H31N3O3S/c33-28(32-26-2-1-11-30-19-26)24-5-3-20(4-6-24)18-31-36(34,35)27-9-7-25(8-10-27)29-15-21-12-22(16-29)14-23(13-21)17-29/h1-11,19,21-23,31H,12-18H2,(H,32,33). The highest BCUT2D eigenvalue weighted by Gasteiger charge is 2.51. The molecule has 0 aliphatic heterocycles. The van der Waals surface area contributed by atoms with E-state index in [0.29, 0.717) is 16.1 Å². The van der Waals surface area contributed by atoms with Gasteiger partial charge in [-0.3, -0.25) is 9.78 Å². The maximum Gasteiger partial charge on any atom is 0.255 e. The van der Waals surface area contributed by atoms with Crippen molar-refractivity contribution >= 4 is 21.6 Å². The lowest BCUT2D eigenvalue weighted by Gasteiger charge is -2.57. The van der Waals surface area contributed by atoms with E-state index >= 15 is 0 Å². The van der Waals surface area contributed by atoms with Crippen LogP contribution in [0.3, 0.4) is 0 Å². The quantitative estimate of drug-likeness (QED) is 0.461. The second-order valence-electron chi connectivity index (χ2n) is 10.9. The lowest BCUT2D eigenvalue weighted by atomic mass is 9.48. The molecule has 4 fully saturated rings. The number of rotatable bonds is 7. The number of carbonyl (C=O) groups excluding carboxylic acids is 1. The fraction of sp³-hybridized carbons (Fsp3) is 0.379. The molecule has 2 aromatic carbocycles. The third kappa shape index (κ3) is 4.58. The van der Waals surface area contributed by atoms with Crippen LogP contribution in [0.4, 0.5) is 5.69 Å². The molecule has 2 N–H and O–H groups in total. The summed E-state index contributed by atoms with van der Waals surface area (Å²) in [6, 6.07) is 18.1. The number of benzene rings is 2. The zero-order valence-corrected chi connectivity index (χ0v) is 21.0. The molecule has 186 valence electrons. The van der Waals surface area contributed by atoms with Crippen molar-refractivity contribution in [2.45, 2.75) is 55.4 Å². The number of nitrogens with zero attached hydrogens (tertiary/aromatic N) is 1. The topological polar surface area (TPSA) is 88.2 Å². The minimum absolute atomic E-state index is 0.156. The van der Waals surface area contributed by atoms with Crippen LogP contribution in [0.2, 0.25) is 0 Å². The Bertz CT molecular complexity index is 1320. The normalized spacial score (nSPS) is 26.6. The minimum Gasteiger partial charge on any atom is -0.321 e. The minimum atomic E-state index is -3.63. The van der Waals surface area contributed by atoms with E-state index in [9.17, 15) is 13.2 Å². The smallest absolute Gasteiger partial charge is 0.255 e. The summed E-state index contributed by atoms with van der Waals surface area (Å²) < 4.78 is 28.6. The molecule has 1 heterocycles. The Morgan fingerprint density at radius 3 is 2.11 bits per heavy atom. The average Bonchev–Trinajstić information content (AvgIpc) is 2.88. The highest BCUT2D eigenvalue weighted by atomic mass is 32.2. The largest absolute Gasteiger partial charge is 0.321 e. The number of amides is 1. The monoisotopic (exact) mass is 501 g/mol. The van der Waals surface area contributed by atoms with Crippen LogP contribution >= 0.6 is 0 Å². The van der Waals surface area contributed by atoms with Crippen molar-refractivity contribution < 1.29 is 13.2 Å². The van der Waals surface area contributed by atoms with Crippen molar-refractivity contribution in [3.05, 3.63) is 89.7 Å². The van der Waals surface area contributed by atoms with Crippen LogP contribution in [-0.4, -0.2) is 19.3 Å². The van der Waals surface area contributed by atoms with E-state index in [1.807, 2.05) is 0 Å². The molecule has 0 radical (unpaired) electrons. The third-order valence-electron chi connectivity index (χ3n) is 8.42. The second kappa shape index (κ2) is 9.12. The first-order valence-corrected chi connectivity index (χ1v) is 14.3. The van der Waals surface area contributed by atoms with E-state index in [2.05, 4.69) is 27.2 Å². The molecule has 4 saturated carbocycles. The van der Waals surface area contributed by atoms with Gasteiger partial charge in [0, 0.05) is 18.3 Å². The first-order chi connectivity index (χ1) is 17.4. The molecule has 1 aromatic heterocycles. The van der Waals surface area contributed by atoms with Gasteiger partial charge >= 0.3 is 0 Å². The molecule has 0 unspecified atom stereocenters. The highest BCUT2D eigenvalue weighted by molar-refractivity contribution is 7.89. The van der Waals surface area contributed by atoms with Gasteiger partial charge in [-0.05, 0) is 109 Å². The predicted octanol–water partition coefficient (Wildman–Crippen LogP) is 5.28. The van der Waals surface area contributed by atoms with Gasteiger partial charge in [0.25, 0.3) is 5.91 Å². The summed E-state index contributed by atoms with van der Waals surface area (Å²) in [5, 5.41) is 2.79. The summed E-state index contributed by atoms with van der Waals surface area (Å²) in [5.41, 5.74) is 3.47. The molecule has 0 saturated heterocycles. The van der Waals surface area contributed by atoms with E-state index in [4.69, 9.17) is 0 Å². The summed E-state index contributed by atoms with van der Waals surface area (Å²) in [7, 11) is -3.63. The number of hydrogen-bond acceptors (Lipinski definition) is 4. The van der Waals surface area contributed by atoms with E-state index in [1.54, 1.807) is 60.9 Å². The highest BCUT2D eigenvalue weighted by Crippen LogP contribution is 2.60. The van der Waals surface area contributed by atoms with Gasteiger partial charge < -0.3 is 5.32 Å². The Morgan fingerprint density at radius 2 is 1.53 bits per heavy atom. The van der Waals surface area contributed by atoms with Crippen molar-refractivity contribution in [3.63, 3.8) is 0 Å². The lowest BCUT2D eigenvalue weighted by molar-refractivity contribution is -0.00521. The fourth-order valence-electron chi connectivity index (χ4n) is 7.13. The van der Waals surface area contributed by atoms with E-state index in [-0.39, 0.29) is 17.9 Å². The van der Waals surface area contributed by atoms with Crippen molar-refractivity contribution in [1.29, 1.82) is 0 Å². The molecule has 4 bridgehead atoms. The zero-order valence-electron chi connectivity index (χ0n) is 20.2. The Kier molecular flexibility index (Phi) is 5.92. The van der Waals surface area contributed by atoms with Gasteiger partial charge in [-0.15, -0.1) is 0 Å². The van der Waals surface area contributed by atoms with Crippen LogP contribution in [0.5, 0.6) is 0 Å². The van der Waals surface area contributed by atoms with Gasteiger partial charge in [-0.2, -0.15) is 0 Å². The number of pyridine rings is 1. The molecule has 36 heavy (non-hydrogen) atoms. The van der Waals surface area contributed by atoms with Crippen LogP contribution in [-0.2, 0) is 22.0 Å². The predicted molar refractivity (Wildman–Crippen MR) is 139 cm³/mol. The second-order valence-corrected chi connectivity index (χ2v) is 12.7. The van der Waals surface area contributed by atoms with Crippen LogP contribution in [0.1, 0.15) is 60.0 Å². The van der Waals surface area contributed by atoms with Gasteiger partial charge in [0.05, 0.1) is 16.8 Å². The number of nitrogens with one attached hydrogen (secondary N) is 2. The summed E-state index contributed by atoms with van der Waals surface area (Å²) >= 11 is 0. The van der Waals surface area contributed by atoms with Crippen LogP contribution in [0, 0.1) is 17.8 Å². The molecule has 7 heteroatoms. The Morgan fingerprint density at radius 1 is 0.889 bits per heavy atom. The number of aromatic nitrogens is 1. The molecule has 1 amide bonds. The Hall–Kier alpha value is -3.03. The number of hydrogen-bond donors (Lipinski definition) is 2. The average molecular weight is 502 g/mol. The van der Waals surface area contributed by atoms with Gasteiger partial charge in [0.1, 0.15) is 0 Å². The van der Waals surface area contributed by atoms with Crippen molar-refractivity contribution in [1.82, 2.24) is 9.71 Å². The van der Waals surface area contributed by atoms with Gasteiger partial charge in [-0.1, -0.05) is 24.3 Å². The molecule has 0 spiro atoms. The molecular formula is C29H31N3O3S. The van der Waals surface area contributed by atoms with Crippen LogP contribution in [0.15, 0.2) is 78.0 Å². The third-order valence-corrected chi connectivity index (χ3v) is 9.83. The van der Waals surface area contributed by atoms with Crippen molar-refractivity contribution in [2.75, 3.05) is 5.32 Å². The molecule has 4 aliphatic rings. The van der Waals surface area contributed by atoms with E-state index in [0.717, 1.165) is 23.3 Å². The maximum atomic E-state index is 13.0. The van der Waals surface area contributed by atoms with E-state index in [1.165, 1.54) is 44.1 Å². The van der Waals surface area contributed by atoms with Crippen LogP contribution in [0.25, 0.3) is 0 Å². The zero-order chi connectivity index (χ0) is 24.8. The summed E-state index contributed by atoms with van der Waals surface area (Å²) in [6.45, 7) is 0.156. The van der Waals surface area contributed by atoms with Gasteiger partial charge in [-0.25, -0.2) is 13.1 Å². The SMILES string of the molecule is O=C(Nc1cccnc1)c1ccc(CNS(=O)(=O)c2ccc(C34CC5CC(CC(C5)C3)C4)cc2)cc1. The lowest BCUT2D eigenvalue weighted by Crippen LogP contribution is -2.48. The molecule has 7 rings (SSSR count). The maximum absolute atomic E-state index is 13.0.